The average molecular weight is 243 g/mol. The van der Waals surface area contributed by atoms with E-state index >= 15 is 0 Å². The highest BCUT2D eigenvalue weighted by molar-refractivity contribution is 7.91. The van der Waals surface area contributed by atoms with Crippen molar-refractivity contribution < 1.29 is 12.8 Å². The van der Waals surface area contributed by atoms with E-state index in [2.05, 4.69) is 5.32 Å². The van der Waals surface area contributed by atoms with Gasteiger partial charge in [-0.05, 0) is 24.1 Å². The highest BCUT2D eigenvalue weighted by atomic mass is 32.2. The van der Waals surface area contributed by atoms with Crippen LogP contribution < -0.4 is 5.32 Å². The lowest BCUT2D eigenvalue weighted by Crippen LogP contribution is -2.38. The fourth-order valence-corrected chi connectivity index (χ4v) is 3.66. The molecule has 0 fully saturated rings. The van der Waals surface area contributed by atoms with E-state index in [0.29, 0.717) is 5.69 Å². The van der Waals surface area contributed by atoms with Crippen LogP contribution in [-0.2, 0) is 9.84 Å². The van der Waals surface area contributed by atoms with E-state index in [1.54, 1.807) is 0 Å². The van der Waals surface area contributed by atoms with Crippen molar-refractivity contribution in [2.75, 3.05) is 11.1 Å². The fourth-order valence-electron chi connectivity index (χ4n) is 1.81. The number of fused-ring (bicyclic) bond motifs is 1. The Balaban J connectivity index is 2.52. The van der Waals surface area contributed by atoms with E-state index in [-0.39, 0.29) is 22.6 Å². The first kappa shape index (κ1) is 11.4. The standard InChI is InChI=1S/C11H14FNO2S/c1-7(2)10-6-16(14,15)11-4-3-8(12)5-9(11)13-10/h3-5,7,10,13H,6H2,1-2H3. The molecule has 0 amide bonds. The predicted octanol–water partition coefficient (Wildman–Crippen LogP) is 2.05. The summed E-state index contributed by atoms with van der Waals surface area (Å²) in [6.07, 6.45) is 0. The van der Waals surface area contributed by atoms with Crippen molar-refractivity contribution in [3.8, 4) is 0 Å². The van der Waals surface area contributed by atoms with Gasteiger partial charge in [-0.15, -0.1) is 0 Å². The van der Waals surface area contributed by atoms with Crippen molar-refractivity contribution >= 4 is 15.5 Å². The van der Waals surface area contributed by atoms with Gasteiger partial charge in [-0.3, -0.25) is 0 Å². The smallest absolute Gasteiger partial charge is 0.182 e. The number of halogens is 1. The van der Waals surface area contributed by atoms with Crippen molar-refractivity contribution in [3.05, 3.63) is 24.0 Å². The average Bonchev–Trinajstić information content (AvgIpc) is 2.15. The molecule has 0 bridgehead atoms. The first-order valence-corrected chi connectivity index (χ1v) is 6.84. The van der Waals surface area contributed by atoms with E-state index in [4.69, 9.17) is 0 Å². The monoisotopic (exact) mass is 243 g/mol. The molecule has 1 atom stereocenters. The highest BCUT2D eigenvalue weighted by Gasteiger charge is 2.31. The Morgan fingerprint density at radius 2 is 2.12 bits per heavy atom. The summed E-state index contributed by atoms with van der Waals surface area (Å²) in [4.78, 5) is 0.200. The van der Waals surface area contributed by atoms with Crippen LogP contribution >= 0.6 is 0 Å². The van der Waals surface area contributed by atoms with E-state index in [1.807, 2.05) is 13.8 Å². The Morgan fingerprint density at radius 3 is 2.75 bits per heavy atom. The van der Waals surface area contributed by atoms with Gasteiger partial charge in [0, 0.05) is 6.04 Å². The number of benzene rings is 1. The summed E-state index contributed by atoms with van der Waals surface area (Å²) in [5.74, 6) is -0.166. The Hall–Kier alpha value is -1.10. The van der Waals surface area contributed by atoms with Gasteiger partial charge in [0.1, 0.15) is 5.82 Å². The van der Waals surface area contributed by atoms with Crippen LogP contribution in [-0.4, -0.2) is 20.2 Å². The lowest BCUT2D eigenvalue weighted by atomic mass is 10.1. The molecule has 2 rings (SSSR count). The molecule has 5 heteroatoms. The molecule has 1 aromatic carbocycles. The molecular weight excluding hydrogens is 229 g/mol. The topological polar surface area (TPSA) is 46.2 Å². The number of anilines is 1. The van der Waals surface area contributed by atoms with Gasteiger partial charge in [-0.2, -0.15) is 0 Å². The Bertz CT molecular complexity index is 511. The SMILES string of the molecule is CC(C)C1CS(=O)(=O)c2ccc(F)cc2N1. The third-order valence-electron chi connectivity index (χ3n) is 2.82. The van der Waals surface area contributed by atoms with Crippen LogP contribution in [0.15, 0.2) is 23.1 Å². The van der Waals surface area contributed by atoms with Crippen molar-refractivity contribution in [3.63, 3.8) is 0 Å². The summed E-state index contributed by atoms with van der Waals surface area (Å²) in [6.45, 7) is 3.88. The third kappa shape index (κ3) is 1.91. The number of hydrogen-bond acceptors (Lipinski definition) is 3. The fraction of sp³-hybridized carbons (Fsp3) is 0.455. The molecule has 1 aliphatic rings. The van der Waals surface area contributed by atoms with Gasteiger partial charge in [0.15, 0.2) is 9.84 Å². The number of hydrogen-bond donors (Lipinski definition) is 1. The summed E-state index contributed by atoms with van der Waals surface area (Å²) in [5.41, 5.74) is 0.380. The van der Waals surface area contributed by atoms with Crippen LogP contribution in [0.2, 0.25) is 0 Å². The molecule has 1 heterocycles. The Labute approximate surface area is 94.6 Å². The molecule has 0 saturated carbocycles. The Morgan fingerprint density at radius 1 is 1.44 bits per heavy atom. The van der Waals surface area contributed by atoms with Gasteiger partial charge in [0.05, 0.1) is 16.3 Å². The zero-order valence-corrected chi connectivity index (χ0v) is 10.0. The molecule has 0 aromatic heterocycles. The zero-order chi connectivity index (χ0) is 11.9. The normalized spacial score (nSPS) is 22.6. The maximum absolute atomic E-state index is 13.0. The minimum absolute atomic E-state index is 0.0727. The second-order valence-corrected chi connectivity index (χ2v) is 6.42. The van der Waals surface area contributed by atoms with Gasteiger partial charge in [0.2, 0.25) is 0 Å². The molecule has 0 radical (unpaired) electrons. The zero-order valence-electron chi connectivity index (χ0n) is 9.20. The summed E-state index contributed by atoms with van der Waals surface area (Å²) in [5, 5.41) is 3.07. The molecule has 16 heavy (non-hydrogen) atoms. The van der Waals surface area contributed by atoms with Gasteiger partial charge >= 0.3 is 0 Å². The minimum Gasteiger partial charge on any atom is -0.380 e. The second-order valence-electron chi connectivity index (χ2n) is 4.42. The molecule has 0 saturated heterocycles. The van der Waals surface area contributed by atoms with E-state index in [0.717, 1.165) is 0 Å². The Kier molecular flexibility index (Phi) is 2.66. The minimum atomic E-state index is -3.28. The van der Waals surface area contributed by atoms with Gasteiger partial charge in [-0.1, -0.05) is 13.8 Å². The predicted molar refractivity (Wildman–Crippen MR) is 60.7 cm³/mol. The van der Waals surface area contributed by atoms with Crippen LogP contribution in [0.4, 0.5) is 10.1 Å². The molecule has 1 N–H and O–H groups in total. The molecule has 0 spiro atoms. The van der Waals surface area contributed by atoms with Crippen LogP contribution in [0, 0.1) is 11.7 Å². The first-order valence-electron chi connectivity index (χ1n) is 5.19. The molecular formula is C11H14FNO2S. The van der Waals surface area contributed by atoms with Gasteiger partial charge < -0.3 is 5.32 Å². The summed E-state index contributed by atoms with van der Waals surface area (Å²) in [6, 6.07) is 3.58. The van der Waals surface area contributed by atoms with Crippen LogP contribution in [0.1, 0.15) is 13.8 Å². The maximum atomic E-state index is 13.0. The molecule has 1 aromatic rings. The first-order chi connectivity index (χ1) is 7.40. The maximum Gasteiger partial charge on any atom is 0.182 e. The second kappa shape index (κ2) is 3.73. The molecule has 0 aliphatic carbocycles. The molecule has 1 aliphatic heterocycles. The van der Waals surface area contributed by atoms with Crippen molar-refractivity contribution in [1.29, 1.82) is 0 Å². The number of sulfone groups is 1. The van der Waals surface area contributed by atoms with Crippen LogP contribution in [0.3, 0.4) is 0 Å². The van der Waals surface area contributed by atoms with Crippen molar-refractivity contribution in [2.45, 2.75) is 24.8 Å². The molecule has 88 valence electrons. The molecule has 1 unspecified atom stereocenters. The third-order valence-corrected chi connectivity index (χ3v) is 4.65. The number of rotatable bonds is 1. The largest absolute Gasteiger partial charge is 0.380 e. The van der Waals surface area contributed by atoms with Crippen LogP contribution in [0.5, 0.6) is 0 Å². The lowest BCUT2D eigenvalue weighted by molar-refractivity contribution is 0.530. The lowest BCUT2D eigenvalue weighted by Gasteiger charge is -2.29. The number of nitrogens with one attached hydrogen (secondary N) is 1. The van der Waals surface area contributed by atoms with Gasteiger partial charge in [0.25, 0.3) is 0 Å². The summed E-state index contributed by atoms with van der Waals surface area (Å²) < 4.78 is 36.9. The van der Waals surface area contributed by atoms with E-state index < -0.39 is 15.7 Å². The quantitative estimate of drug-likeness (QED) is 0.768. The van der Waals surface area contributed by atoms with Crippen molar-refractivity contribution in [1.82, 2.24) is 0 Å². The summed E-state index contributed by atoms with van der Waals surface area (Å²) in [7, 11) is -3.28. The van der Waals surface area contributed by atoms with E-state index in [9.17, 15) is 12.8 Å². The molecule has 3 nitrogen and oxygen atoms in total. The van der Waals surface area contributed by atoms with Crippen molar-refractivity contribution in [2.24, 2.45) is 5.92 Å². The van der Waals surface area contributed by atoms with Gasteiger partial charge in [-0.25, -0.2) is 12.8 Å². The van der Waals surface area contributed by atoms with E-state index in [1.165, 1.54) is 18.2 Å². The van der Waals surface area contributed by atoms with Crippen LogP contribution in [0.25, 0.3) is 0 Å². The highest BCUT2D eigenvalue weighted by Crippen LogP contribution is 2.30. The summed E-state index contributed by atoms with van der Waals surface area (Å²) >= 11 is 0.